The molecular weight excluding hydrogens is 216 g/mol. The van der Waals surface area contributed by atoms with Crippen LogP contribution in [0.3, 0.4) is 0 Å². The number of carbonyl (C=O) groups is 1. The van der Waals surface area contributed by atoms with Crippen molar-refractivity contribution in [1.82, 2.24) is 0 Å². The summed E-state index contributed by atoms with van der Waals surface area (Å²) in [5.41, 5.74) is 6.01. The number of nitroso groups, excluding NO2 is 1. The predicted molar refractivity (Wildman–Crippen MR) is 65.3 cm³/mol. The van der Waals surface area contributed by atoms with Gasteiger partial charge in [-0.15, -0.1) is 4.91 Å². The number of urea groups is 1. The molecule has 0 fully saturated rings. The third-order valence-corrected chi connectivity index (χ3v) is 3.79. The number of nitrogens with zero attached hydrogens (tertiary/aromatic N) is 1. The van der Waals surface area contributed by atoms with Crippen LogP contribution < -0.4 is 5.32 Å². The molecule has 0 aromatic heterocycles. The van der Waals surface area contributed by atoms with Gasteiger partial charge in [-0.25, -0.2) is 4.79 Å². The molecule has 17 heavy (non-hydrogen) atoms. The summed E-state index contributed by atoms with van der Waals surface area (Å²) in [6.45, 7) is 0. The Morgan fingerprint density at radius 2 is 1.65 bits per heavy atom. The quantitative estimate of drug-likeness (QED) is 0.754. The van der Waals surface area contributed by atoms with Gasteiger partial charge in [-0.05, 0) is 60.8 Å². The maximum Gasteiger partial charge on any atom is 0.383 e. The number of amides is 2. The van der Waals surface area contributed by atoms with Gasteiger partial charge in [0, 0.05) is 10.9 Å². The fraction of sp³-hybridized carbons (Fsp3) is 0.462. The lowest BCUT2D eigenvalue weighted by atomic mass is 9.99. The first-order valence-electron chi connectivity index (χ1n) is 6.10. The molecule has 0 radical (unpaired) electrons. The highest BCUT2D eigenvalue weighted by atomic mass is 16.3. The summed E-state index contributed by atoms with van der Waals surface area (Å²) < 4.78 is 0. The third-order valence-electron chi connectivity index (χ3n) is 3.79. The molecule has 1 aromatic carbocycles. The molecule has 1 aromatic rings. The molecule has 2 amide bonds. The number of carbonyl (C=O) groups excluding carboxylic acids is 1. The second kappa shape index (κ2) is 3.95. The number of hydrogen-bond donors (Lipinski definition) is 1. The lowest BCUT2D eigenvalue weighted by Crippen LogP contribution is -2.10. The molecule has 88 valence electrons. The van der Waals surface area contributed by atoms with Crippen molar-refractivity contribution >= 4 is 11.7 Å². The molecule has 0 saturated carbocycles. The van der Waals surface area contributed by atoms with Gasteiger partial charge in [-0.3, -0.25) is 0 Å². The van der Waals surface area contributed by atoms with Crippen LogP contribution in [0.4, 0.5) is 10.5 Å². The Labute approximate surface area is 99.4 Å². The van der Waals surface area contributed by atoms with Gasteiger partial charge in [-0.2, -0.15) is 0 Å². The van der Waals surface area contributed by atoms with Crippen LogP contribution in [0.25, 0.3) is 0 Å². The first kappa shape index (κ1) is 10.4. The largest absolute Gasteiger partial charge is 0.383 e. The Balaban J connectivity index is 2.11. The van der Waals surface area contributed by atoms with Crippen molar-refractivity contribution in [3.05, 3.63) is 33.2 Å². The van der Waals surface area contributed by atoms with E-state index in [1.807, 2.05) is 0 Å². The van der Waals surface area contributed by atoms with Gasteiger partial charge in [0.15, 0.2) is 0 Å². The van der Waals surface area contributed by atoms with Gasteiger partial charge in [0.1, 0.15) is 0 Å². The SMILES string of the molecule is O=NC(=O)Nc1c2c(cc3c1CCC3)CCC2. The summed E-state index contributed by atoms with van der Waals surface area (Å²) in [4.78, 5) is 21.4. The summed E-state index contributed by atoms with van der Waals surface area (Å²) in [5, 5.41) is 5.11. The number of anilines is 1. The zero-order chi connectivity index (χ0) is 11.8. The molecule has 3 rings (SSSR count). The third kappa shape index (κ3) is 1.64. The van der Waals surface area contributed by atoms with E-state index >= 15 is 0 Å². The van der Waals surface area contributed by atoms with Gasteiger partial charge in [0.05, 0.1) is 0 Å². The minimum Gasteiger partial charge on any atom is -0.303 e. The molecule has 4 heteroatoms. The van der Waals surface area contributed by atoms with Crippen LogP contribution in [0.1, 0.15) is 35.1 Å². The van der Waals surface area contributed by atoms with Gasteiger partial charge >= 0.3 is 6.03 Å². The van der Waals surface area contributed by atoms with E-state index in [4.69, 9.17) is 0 Å². The van der Waals surface area contributed by atoms with Crippen molar-refractivity contribution in [3.63, 3.8) is 0 Å². The molecule has 0 spiro atoms. The van der Waals surface area contributed by atoms with E-state index in [1.54, 1.807) is 0 Å². The zero-order valence-electron chi connectivity index (χ0n) is 9.58. The van der Waals surface area contributed by atoms with Crippen LogP contribution >= 0.6 is 0 Å². The fourth-order valence-corrected chi connectivity index (χ4v) is 3.10. The van der Waals surface area contributed by atoms with E-state index in [-0.39, 0.29) is 0 Å². The Hall–Kier alpha value is -1.71. The van der Waals surface area contributed by atoms with Crippen LogP contribution in [0.2, 0.25) is 0 Å². The minimum atomic E-state index is -0.778. The molecule has 0 atom stereocenters. The van der Waals surface area contributed by atoms with E-state index in [2.05, 4.69) is 16.6 Å². The van der Waals surface area contributed by atoms with Crippen LogP contribution in [0.5, 0.6) is 0 Å². The molecule has 0 heterocycles. The monoisotopic (exact) mass is 230 g/mol. The Bertz CT molecular complexity index is 476. The van der Waals surface area contributed by atoms with Crippen molar-refractivity contribution < 1.29 is 4.79 Å². The van der Waals surface area contributed by atoms with Crippen LogP contribution in [-0.4, -0.2) is 6.03 Å². The first-order chi connectivity index (χ1) is 8.29. The molecule has 2 aliphatic rings. The van der Waals surface area contributed by atoms with Crippen LogP contribution in [-0.2, 0) is 25.7 Å². The maximum absolute atomic E-state index is 11.2. The minimum absolute atomic E-state index is 0.778. The lowest BCUT2D eigenvalue weighted by Gasteiger charge is -2.14. The molecular formula is C13H14N2O2. The predicted octanol–water partition coefficient (Wildman–Crippen LogP) is 2.96. The van der Waals surface area contributed by atoms with E-state index in [0.717, 1.165) is 44.2 Å². The first-order valence-corrected chi connectivity index (χ1v) is 6.10. The van der Waals surface area contributed by atoms with E-state index in [0.29, 0.717) is 0 Å². The molecule has 2 aliphatic carbocycles. The molecule has 4 nitrogen and oxygen atoms in total. The Morgan fingerprint density at radius 3 is 2.18 bits per heavy atom. The van der Waals surface area contributed by atoms with Crippen molar-refractivity contribution in [2.45, 2.75) is 38.5 Å². The highest BCUT2D eigenvalue weighted by molar-refractivity contribution is 5.92. The number of fused-ring (bicyclic) bond motifs is 2. The molecule has 0 unspecified atom stereocenters. The van der Waals surface area contributed by atoms with E-state index in [9.17, 15) is 9.70 Å². The van der Waals surface area contributed by atoms with Crippen molar-refractivity contribution in [3.8, 4) is 0 Å². The van der Waals surface area contributed by atoms with Crippen LogP contribution in [0, 0.1) is 4.91 Å². The number of rotatable bonds is 1. The smallest absolute Gasteiger partial charge is 0.303 e. The lowest BCUT2D eigenvalue weighted by molar-refractivity contribution is 0.259. The maximum atomic E-state index is 11.2. The fourth-order valence-electron chi connectivity index (χ4n) is 3.10. The number of aryl methyl sites for hydroxylation is 2. The molecule has 0 aliphatic heterocycles. The highest BCUT2D eigenvalue weighted by Gasteiger charge is 2.24. The summed E-state index contributed by atoms with van der Waals surface area (Å²) in [6, 6.07) is 1.51. The van der Waals surface area contributed by atoms with Gasteiger partial charge < -0.3 is 5.32 Å². The summed E-state index contributed by atoms with van der Waals surface area (Å²) in [5.74, 6) is 0. The molecule has 0 saturated heterocycles. The Kier molecular flexibility index (Phi) is 2.42. The van der Waals surface area contributed by atoms with Crippen molar-refractivity contribution in [2.24, 2.45) is 5.18 Å². The average molecular weight is 230 g/mol. The van der Waals surface area contributed by atoms with Gasteiger partial charge in [0.2, 0.25) is 0 Å². The molecule has 1 N–H and O–H groups in total. The second-order valence-electron chi connectivity index (χ2n) is 4.76. The van der Waals surface area contributed by atoms with Crippen molar-refractivity contribution in [2.75, 3.05) is 5.32 Å². The number of nitrogens with one attached hydrogen (secondary N) is 1. The standard InChI is InChI=1S/C13H14N2O2/c16-13(15-17)14-12-10-5-1-3-8(10)7-9-4-2-6-11(9)12/h7H,1-6H2,(H,14,16). The number of hydrogen-bond acceptors (Lipinski definition) is 2. The summed E-state index contributed by atoms with van der Waals surface area (Å²) in [7, 11) is 0. The van der Waals surface area contributed by atoms with E-state index < -0.39 is 6.03 Å². The topological polar surface area (TPSA) is 58.5 Å². The highest BCUT2D eigenvalue weighted by Crippen LogP contribution is 2.38. The average Bonchev–Trinajstić information content (AvgIpc) is 2.96. The summed E-state index contributed by atoms with van der Waals surface area (Å²) >= 11 is 0. The normalized spacial score (nSPS) is 16.5. The van der Waals surface area contributed by atoms with Gasteiger partial charge in [-0.1, -0.05) is 6.07 Å². The zero-order valence-corrected chi connectivity index (χ0v) is 9.58. The summed E-state index contributed by atoms with van der Waals surface area (Å²) in [6.07, 6.45) is 6.43. The van der Waals surface area contributed by atoms with Gasteiger partial charge in [0.25, 0.3) is 0 Å². The second-order valence-corrected chi connectivity index (χ2v) is 4.76. The molecule has 0 bridgehead atoms. The Morgan fingerprint density at radius 1 is 1.06 bits per heavy atom. The van der Waals surface area contributed by atoms with Crippen LogP contribution in [0.15, 0.2) is 11.2 Å². The van der Waals surface area contributed by atoms with E-state index in [1.165, 1.54) is 22.3 Å². The number of benzene rings is 1. The van der Waals surface area contributed by atoms with Crippen molar-refractivity contribution in [1.29, 1.82) is 0 Å².